The quantitative estimate of drug-likeness (QED) is 0.764. The fourth-order valence-corrected chi connectivity index (χ4v) is 4.76. The zero-order valence-corrected chi connectivity index (χ0v) is 15.3. The van der Waals surface area contributed by atoms with Crippen LogP contribution in [0.3, 0.4) is 0 Å². The molecule has 1 unspecified atom stereocenters. The molecule has 0 bridgehead atoms. The Kier molecular flexibility index (Phi) is 3.94. The molecule has 0 saturated carbocycles. The summed E-state index contributed by atoms with van der Waals surface area (Å²) in [6.45, 7) is 2.35. The van der Waals surface area contributed by atoms with E-state index in [1.807, 2.05) is 18.3 Å². The maximum Gasteiger partial charge on any atom is 0.241 e. The topological polar surface area (TPSA) is 45.2 Å². The van der Waals surface area contributed by atoms with E-state index >= 15 is 0 Å². The van der Waals surface area contributed by atoms with Crippen LogP contribution >= 0.6 is 0 Å². The zero-order chi connectivity index (χ0) is 18.3. The van der Waals surface area contributed by atoms with Crippen molar-refractivity contribution in [2.45, 2.75) is 37.9 Å². The number of likely N-dealkylation sites (tertiary alicyclic amines) is 1. The molecule has 4 nitrogen and oxygen atoms in total. The Bertz CT molecular complexity index is 1010. The third-order valence-electron chi connectivity index (χ3n) is 6.19. The summed E-state index contributed by atoms with van der Waals surface area (Å²) >= 11 is 0. The highest BCUT2D eigenvalue weighted by Gasteiger charge is 2.48. The first-order chi connectivity index (χ1) is 13.3. The van der Waals surface area contributed by atoms with Crippen LogP contribution in [0, 0.1) is 0 Å². The van der Waals surface area contributed by atoms with Gasteiger partial charge >= 0.3 is 0 Å². The van der Waals surface area contributed by atoms with E-state index in [9.17, 15) is 4.79 Å². The van der Waals surface area contributed by atoms with Gasteiger partial charge in [0.05, 0.1) is 5.52 Å². The molecule has 1 aromatic heterocycles. The van der Waals surface area contributed by atoms with Crippen LogP contribution in [-0.2, 0) is 24.3 Å². The SMILES string of the molecule is O=C1NCc2ccccc2CC12CCCN2Cc1ccnc2ccccc12. The second-order valence-corrected chi connectivity index (χ2v) is 7.67. The smallest absolute Gasteiger partial charge is 0.241 e. The predicted molar refractivity (Wildman–Crippen MR) is 106 cm³/mol. The van der Waals surface area contributed by atoms with Crippen LogP contribution in [-0.4, -0.2) is 27.9 Å². The summed E-state index contributed by atoms with van der Waals surface area (Å²) in [7, 11) is 0. The average Bonchev–Trinajstić information content (AvgIpc) is 3.03. The number of fused-ring (bicyclic) bond motifs is 2. The molecule has 3 aromatic rings. The Balaban J connectivity index is 1.53. The van der Waals surface area contributed by atoms with Crippen molar-refractivity contribution in [3.8, 4) is 0 Å². The Morgan fingerprint density at radius 1 is 1.04 bits per heavy atom. The summed E-state index contributed by atoms with van der Waals surface area (Å²) in [4.78, 5) is 20.1. The minimum absolute atomic E-state index is 0.176. The molecule has 1 saturated heterocycles. The number of hydrogen-bond donors (Lipinski definition) is 1. The van der Waals surface area contributed by atoms with E-state index in [4.69, 9.17) is 0 Å². The van der Waals surface area contributed by atoms with E-state index < -0.39 is 5.54 Å². The molecular formula is C23H23N3O. The van der Waals surface area contributed by atoms with E-state index in [1.54, 1.807) is 0 Å². The Hall–Kier alpha value is -2.72. The zero-order valence-electron chi connectivity index (χ0n) is 15.3. The summed E-state index contributed by atoms with van der Waals surface area (Å²) in [6.07, 6.45) is 4.63. The molecule has 1 spiro atoms. The van der Waals surface area contributed by atoms with Crippen molar-refractivity contribution in [3.63, 3.8) is 0 Å². The Labute approximate surface area is 159 Å². The summed E-state index contributed by atoms with van der Waals surface area (Å²) in [6, 6.07) is 18.8. The Morgan fingerprint density at radius 2 is 1.85 bits per heavy atom. The molecule has 0 aliphatic carbocycles. The molecule has 1 fully saturated rings. The third kappa shape index (κ3) is 2.72. The number of nitrogens with one attached hydrogen (secondary N) is 1. The molecule has 1 amide bonds. The number of carbonyl (C=O) groups excluding carboxylic acids is 1. The number of carbonyl (C=O) groups is 1. The largest absolute Gasteiger partial charge is 0.350 e. The van der Waals surface area contributed by atoms with Gasteiger partial charge in [-0.1, -0.05) is 42.5 Å². The van der Waals surface area contributed by atoms with Crippen molar-refractivity contribution >= 4 is 16.8 Å². The van der Waals surface area contributed by atoms with Crippen molar-refractivity contribution in [2.75, 3.05) is 6.54 Å². The van der Waals surface area contributed by atoms with Crippen molar-refractivity contribution in [2.24, 2.45) is 0 Å². The highest BCUT2D eigenvalue weighted by molar-refractivity contribution is 5.88. The predicted octanol–water partition coefficient (Wildman–Crippen LogP) is 3.44. The van der Waals surface area contributed by atoms with Crippen molar-refractivity contribution in [3.05, 3.63) is 77.5 Å². The molecule has 4 heteroatoms. The normalized spacial score (nSPS) is 22.6. The Morgan fingerprint density at radius 3 is 2.78 bits per heavy atom. The highest BCUT2D eigenvalue weighted by Crippen LogP contribution is 2.37. The summed E-state index contributed by atoms with van der Waals surface area (Å²) in [5, 5.41) is 4.37. The lowest BCUT2D eigenvalue weighted by Crippen LogP contribution is -2.55. The molecule has 1 N–H and O–H groups in total. The van der Waals surface area contributed by atoms with Crippen LogP contribution in [0.4, 0.5) is 0 Å². The van der Waals surface area contributed by atoms with Crippen LogP contribution in [0.1, 0.15) is 29.5 Å². The van der Waals surface area contributed by atoms with Gasteiger partial charge in [-0.05, 0) is 48.2 Å². The van der Waals surface area contributed by atoms with Gasteiger partial charge in [0.25, 0.3) is 0 Å². The number of hydrogen-bond acceptors (Lipinski definition) is 3. The molecular weight excluding hydrogens is 334 g/mol. The lowest BCUT2D eigenvalue weighted by molar-refractivity contribution is -0.132. The lowest BCUT2D eigenvalue weighted by Gasteiger charge is -2.36. The minimum atomic E-state index is -0.447. The van der Waals surface area contributed by atoms with E-state index in [-0.39, 0.29) is 5.91 Å². The maximum absolute atomic E-state index is 13.2. The first-order valence-corrected chi connectivity index (χ1v) is 9.69. The molecule has 3 heterocycles. The summed E-state index contributed by atoms with van der Waals surface area (Å²) in [5.41, 5.74) is 4.34. The fraction of sp³-hybridized carbons (Fsp3) is 0.304. The fourth-order valence-electron chi connectivity index (χ4n) is 4.76. The third-order valence-corrected chi connectivity index (χ3v) is 6.19. The van der Waals surface area contributed by atoms with Crippen LogP contribution < -0.4 is 5.32 Å². The summed E-state index contributed by atoms with van der Waals surface area (Å²) < 4.78 is 0. The molecule has 5 rings (SSSR count). The average molecular weight is 357 g/mol. The maximum atomic E-state index is 13.2. The number of pyridine rings is 1. The van der Waals surface area contributed by atoms with Crippen molar-refractivity contribution in [1.29, 1.82) is 0 Å². The van der Waals surface area contributed by atoms with Crippen molar-refractivity contribution in [1.82, 2.24) is 15.2 Å². The van der Waals surface area contributed by atoms with E-state index in [2.05, 4.69) is 57.7 Å². The van der Waals surface area contributed by atoms with Gasteiger partial charge in [-0.25, -0.2) is 0 Å². The van der Waals surface area contributed by atoms with Crippen LogP contribution in [0.25, 0.3) is 10.9 Å². The lowest BCUT2D eigenvalue weighted by atomic mass is 9.86. The van der Waals surface area contributed by atoms with Gasteiger partial charge in [-0.3, -0.25) is 14.7 Å². The van der Waals surface area contributed by atoms with Crippen LogP contribution in [0.2, 0.25) is 0 Å². The molecule has 0 radical (unpaired) electrons. The number of rotatable bonds is 2. The molecule has 1 atom stereocenters. The summed E-state index contributed by atoms with van der Waals surface area (Å²) in [5.74, 6) is 0.176. The van der Waals surface area contributed by atoms with E-state index in [0.29, 0.717) is 6.54 Å². The van der Waals surface area contributed by atoms with E-state index in [1.165, 1.54) is 22.1 Å². The number of amides is 1. The second kappa shape index (κ2) is 6.46. The van der Waals surface area contributed by atoms with Gasteiger partial charge in [0, 0.05) is 31.1 Å². The first-order valence-electron chi connectivity index (χ1n) is 9.69. The molecule has 2 aliphatic heterocycles. The first kappa shape index (κ1) is 16.5. The van der Waals surface area contributed by atoms with Gasteiger partial charge in [0.15, 0.2) is 0 Å². The van der Waals surface area contributed by atoms with Crippen LogP contribution in [0.15, 0.2) is 60.8 Å². The van der Waals surface area contributed by atoms with Crippen molar-refractivity contribution < 1.29 is 4.79 Å². The number of benzene rings is 2. The monoisotopic (exact) mass is 357 g/mol. The molecule has 2 aromatic carbocycles. The van der Waals surface area contributed by atoms with Gasteiger partial charge in [0.1, 0.15) is 5.54 Å². The molecule has 27 heavy (non-hydrogen) atoms. The second-order valence-electron chi connectivity index (χ2n) is 7.67. The molecule has 2 aliphatic rings. The van der Waals surface area contributed by atoms with E-state index in [0.717, 1.165) is 37.9 Å². The number of nitrogens with zero attached hydrogens (tertiary/aromatic N) is 2. The highest BCUT2D eigenvalue weighted by atomic mass is 16.2. The van der Waals surface area contributed by atoms with Gasteiger partial charge in [-0.2, -0.15) is 0 Å². The molecule has 136 valence electrons. The standard InChI is InChI=1S/C23H23N3O/c27-22-23(14-17-6-1-2-7-18(17)15-25-22)11-5-13-26(23)16-19-10-12-24-21-9-4-3-8-20(19)21/h1-4,6-10,12H,5,11,13-16H2,(H,25,27). The van der Waals surface area contributed by atoms with Gasteiger partial charge in [-0.15, -0.1) is 0 Å². The number of para-hydroxylation sites is 1. The van der Waals surface area contributed by atoms with Gasteiger partial charge < -0.3 is 5.32 Å². The van der Waals surface area contributed by atoms with Gasteiger partial charge in [0.2, 0.25) is 5.91 Å². The minimum Gasteiger partial charge on any atom is -0.350 e. The number of aromatic nitrogens is 1. The van der Waals surface area contributed by atoms with Crippen LogP contribution in [0.5, 0.6) is 0 Å².